The summed E-state index contributed by atoms with van der Waals surface area (Å²) in [6, 6.07) is 19.5. The van der Waals surface area contributed by atoms with Gasteiger partial charge in [0.2, 0.25) is 0 Å². The standard InChI is InChI=1S/C17H17NO2/c19-17(15-9-5-2-6-10-15)18(12-16-13-20-16)11-14-7-3-1-4-8-14/h1-10,16H,11-13H2. The molecule has 1 aliphatic rings. The summed E-state index contributed by atoms with van der Waals surface area (Å²) in [6.07, 6.45) is 0.200. The molecule has 2 aromatic carbocycles. The summed E-state index contributed by atoms with van der Waals surface area (Å²) in [5, 5.41) is 0. The first-order valence-electron chi connectivity index (χ1n) is 6.83. The lowest BCUT2D eigenvalue weighted by molar-refractivity contribution is 0.0729. The molecule has 0 aliphatic carbocycles. The first kappa shape index (κ1) is 12.9. The van der Waals surface area contributed by atoms with Crippen molar-refractivity contribution in [1.29, 1.82) is 0 Å². The van der Waals surface area contributed by atoms with E-state index in [1.807, 2.05) is 65.6 Å². The third-order valence-electron chi connectivity index (χ3n) is 3.35. The van der Waals surface area contributed by atoms with Crippen LogP contribution in [-0.2, 0) is 11.3 Å². The van der Waals surface area contributed by atoms with Crippen molar-refractivity contribution in [3.63, 3.8) is 0 Å². The van der Waals surface area contributed by atoms with Crippen LogP contribution in [0, 0.1) is 0 Å². The molecule has 2 aromatic rings. The van der Waals surface area contributed by atoms with Crippen LogP contribution in [0.3, 0.4) is 0 Å². The summed E-state index contributed by atoms with van der Waals surface area (Å²) in [5.74, 6) is 0.0601. The Balaban J connectivity index is 1.77. The normalized spacial score (nSPS) is 16.7. The summed E-state index contributed by atoms with van der Waals surface area (Å²) in [5.41, 5.74) is 1.86. The molecule has 0 N–H and O–H groups in total. The maximum absolute atomic E-state index is 12.6. The molecule has 3 rings (SSSR count). The number of benzene rings is 2. The van der Waals surface area contributed by atoms with Crippen molar-refractivity contribution in [2.45, 2.75) is 12.6 Å². The Morgan fingerprint density at radius 1 is 1.05 bits per heavy atom. The Morgan fingerprint density at radius 3 is 2.25 bits per heavy atom. The molecule has 1 heterocycles. The van der Waals surface area contributed by atoms with Gasteiger partial charge in [-0.25, -0.2) is 0 Å². The van der Waals surface area contributed by atoms with Gasteiger partial charge in [0.05, 0.1) is 12.7 Å². The summed E-state index contributed by atoms with van der Waals surface area (Å²) >= 11 is 0. The number of hydrogen-bond acceptors (Lipinski definition) is 2. The highest BCUT2D eigenvalue weighted by molar-refractivity contribution is 5.94. The van der Waals surface area contributed by atoms with E-state index in [4.69, 9.17) is 4.74 Å². The van der Waals surface area contributed by atoms with Crippen molar-refractivity contribution >= 4 is 5.91 Å². The van der Waals surface area contributed by atoms with Crippen LogP contribution >= 0.6 is 0 Å². The molecule has 0 spiro atoms. The lowest BCUT2D eigenvalue weighted by atomic mass is 10.1. The third-order valence-corrected chi connectivity index (χ3v) is 3.35. The van der Waals surface area contributed by atoms with Crippen molar-refractivity contribution in [3.05, 3.63) is 71.8 Å². The predicted octanol–water partition coefficient (Wildman–Crippen LogP) is 2.73. The highest BCUT2D eigenvalue weighted by Crippen LogP contribution is 2.16. The molecular weight excluding hydrogens is 250 g/mol. The van der Waals surface area contributed by atoms with E-state index < -0.39 is 0 Å². The average Bonchev–Trinajstić information content (AvgIpc) is 3.32. The Morgan fingerprint density at radius 2 is 1.65 bits per heavy atom. The van der Waals surface area contributed by atoms with E-state index in [0.29, 0.717) is 13.1 Å². The molecule has 0 aromatic heterocycles. The number of hydrogen-bond donors (Lipinski definition) is 0. The van der Waals surface area contributed by atoms with Crippen LogP contribution in [0.1, 0.15) is 15.9 Å². The van der Waals surface area contributed by atoms with Gasteiger partial charge in [-0.1, -0.05) is 48.5 Å². The second-order valence-electron chi connectivity index (χ2n) is 4.99. The second-order valence-corrected chi connectivity index (χ2v) is 4.99. The first-order chi connectivity index (χ1) is 9.83. The van der Waals surface area contributed by atoms with Crippen LogP contribution in [0.4, 0.5) is 0 Å². The molecule has 1 aliphatic heterocycles. The van der Waals surface area contributed by atoms with Crippen LogP contribution in [0.5, 0.6) is 0 Å². The van der Waals surface area contributed by atoms with Gasteiger partial charge >= 0.3 is 0 Å². The maximum Gasteiger partial charge on any atom is 0.254 e. The number of carbonyl (C=O) groups is 1. The van der Waals surface area contributed by atoms with Gasteiger partial charge in [0.1, 0.15) is 0 Å². The minimum Gasteiger partial charge on any atom is -0.371 e. The van der Waals surface area contributed by atoms with Gasteiger partial charge in [0, 0.05) is 18.7 Å². The monoisotopic (exact) mass is 267 g/mol. The lowest BCUT2D eigenvalue weighted by Crippen LogP contribution is -2.33. The number of ether oxygens (including phenoxy) is 1. The molecule has 0 bridgehead atoms. The molecule has 3 nitrogen and oxygen atoms in total. The van der Waals surface area contributed by atoms with E-state index in [9.17, 15) is 4.79 Å². The van der Waals surface area contributed by atoms with E-state index in [-0.39, 0.29) is 12.0 Å². The van der Waals surface area contributed by atoms with E-state index in [1.54, 1.807) is 0 Å². The fourth-order valence-electron chi connectivity index (χ4n) is 2.21. The number of amides is 1. The van der Waals surface area contributed by atoms with Crippen molar-refractivity contribution in [2.75, 3.05) is 13.2 Å². The quantitative estimate of drug-likeness (QED) is 0.780. The molecule has 1 amide bonds. The Labute approximate surface area is 118 Å². The number of nitrogens with zero attached hydrogens (tertiary/aromatic N) is 1. The van der Waals surface area contributed by atoms with Crippen LogP contribution < -0.4 is 0 Å². The summed E-state index contributed by atoms with van der Waals surface area (Å²) < 4.78 is 5.27. The third kappa shape index (κ3) is 3.25. The molecule has 3 heteroatoms. The van der Waals surface area contributed by atoms with Crippen molar-refractivity contribution in [3.8, 4) is 0 Å². The van der Waals surface area contributed by atoms with Crippen LogP contribution in [0.25, 0.3) is 0 Å². The number of rotatable bonds is 5. The Hall–Kier alpha value is -2.13. The van der Waals surface area contributed by atoms with Crippen molar-refractivity contribution in [2.24, 2.45) is 0 Å². The molecule has 1 unspecified atom stereocenters. The van der Waals surface area contributed by atoms with E-state index in [1.165, 1.54) is 0 Å². The molecule has 1 saturated heterocycles. The highest BCUT2D eigenvalue weighted by atomic mass is 16.6. The minimum absolute atomic E-state index is 0.0601. The van der Waals surface area contributed by atoms with E-state index in [2.05, 4.69) is 0 Å². The summed E-state index contributed by atoms with van der Waals surface area (Å²) in [6.45, 7) is 2.03. The van der Waals surface area contributed by atoms with E-state index >= 15 is 0 Å². The van der Waals surface area contributed by atoms with Crippen LogP contribution in [0.15, 0.2) is 60.7 Å². The summed E-state index contributed by atoms with van der Waals surface area (Å²) in [7, 11) is 0. The van der Waals surface area contributed by atoms with Gasteiger partial charge in [-0.3, -0.25) is 4.79 Å². The first-order valence-corrected chi connectivity index (χ1v) is 6.83. The number of epoxide rings is 1. The van der Waals surface area contributed by atoms with Crippen molar-refractivity contribution < 1.29 is 9.53 Å². The molecule has 0 saturated carbocycles. The van der Waals surface area contributed by atoms with Crippen LogP contribution in [0.2, 0.25) is 0 Å². The SMILES string of the molecule is O=C(c1ccccc1)N(Cc1ccccc1)CC1CO1. The van der Waals surface area contributed by atoms with Gasteiger partial charge in [0.15, 0.2) is 0 Å². The van der Waals surface area contributed by atoms with Crippen LogP contribution in [-0.4, -0.2) is 30.1 Å². The number of carbonyl (C=O) groups excluding carboxylic acids is 1. The van der Waals surface area contributed by atoms with Gasteiger partial charge in [-0.15, -0.1) is 0 Å². The fourth-order valence-corrected chi connectivity index (χ4v) is 2.21. The zero-order valence-corrected chi connectivity index (χ0v) is 11.2. The Bertz CT molecular complexity index is 564. The molecule has 1 atom stereocenters. The average molecular weight is 267 g/mol. The maximum atomic E-state index is 12.6. The molecule has 0 radical (unpaired) electrons. The summed E-state index contributed by atoms with van der Waals surface area (Å²) in [4.78, 5) is 14.4. The van der Waals surface area contributed by atoms with Gasteiger partial charge in [0.25, 0.3) is 5.91 Å². The smallest absolute Gasteiger partial charge is 0.254 e. The van der Waals surface area contributed by atoms with Gasteiger partial charge < -0.3 is 9.64 Å². The van der Waals surface area contributed by atoms with Gasteiger partial charge in [-0.2, -0.15) is 0 Å². The molecule has 1 fully saturated rings. The van der Waals surface area contributed by atoms with E-state index in [0.717, 1.165) is 17.7 Å². The molecule has 102 valence electrons. The van der Waals surface area contributed by atoms with Crippen molar-refractivity contribution in [1.82, 2.24) is 4.90 Å². The molecule has 20 heavy (non-hydrogen) atoms. The minimum atomic E-state index is 0.0601. The topological polar surface area (TPSA) is 32.8 Å². The zero-order valence-electron chi connectivity index (χ0n) is 11.2. The second kappa shape index (κ2) is 5.88. The largest absolute Gasteiger partial charge is 0.371 e. The lowest BCUT2D eigenvalue weighted by Gasteiger charge is -2.22. The predicted molar refractivity (Wildman–Crippen MR) is 77.4 cm³/mol. The Kier molecular flexibility index (Phi) is 3.79. The zero-order chi connectivity index (χ0) is 13.8. The fraction of sp³-hybridized carbons (Fsp3) is 0.235. The molecular formula is C17H17NO2. The van der Waals surface area contributed by atoms with Gasteiger partial charge in [-0.05, 0) is 17.7 Å². The highest BCUT2D eigenvalue weighted by Gasteiger charge is 2.28.